The van der Waals surface area contributed by atoms with Crippen molar-refractivity contribution >= 4 is 5.97 Å². The quantitative estimate of drug-likeness (QED) is 0.588. The molecule has 1 heterocycles. The molecule has 1 saturated heterocycles. The Bertz CT molecular complexity index is 788. The van der Waals surface area contributed by atoms with E-state index < -0.39 is 11.4 Å². The lowest BCUT2D eigenvalue weighted by atomic mass is 10.0. The van der Waals surface area contributed by atoms with E-state index in [1.165, 1.54) is 11.1 Å². The first kappa shape index (κ1) is 23.5. The smallest absolute Gasteiger partial charge is 0.309 e. The van der Waals surface area contributed by atoms with Crippen molar-refractivity contribution in [2.45, 2.75) is 77.7 Å². The molecule has 0 N–H and O–H groups in total. The summed E-state index contributed by atoms with van der Waals surface area (Å²) in [7, 11) is 0. The topological polar surface area (TPSA) is 48.0 Å². The normalized spacial score (nSPS) is 21.1. The maximum absolute atomic E-state index is 12.7. The summed E-state index contributed by atoms with van der Waals surface area (Å²) >= 11 is 0. The molecule has 0 spiro atoms. The average molecular weight is 426 g/mol. The van der Waals surface area contributed by atoms with Gasteiger partial charge in [-0.15, -0.1) is 0 Å². The first-order chi connectivity index (χ1) is 14.6. The fourth-order valence-corrected chi connectivity index (χ4v) is 3.86. The van der Waals surface area contributed by atoms with Crippen LogP contribution in [-0.4, -0.2) is 41.0 Å². The van der Waals surface area contributed by atoms with Crippen LogP contribution in [0.2, 0.25) is 0 Å². The Hall–Kier alpha value is -2.21. The predicted octanol–water partition coefficient (Wildman–Crippen LogP) is 4.94. The molecule has 1 aliphatic heterocycles. The van der Waals surface area contributed by atoms with E-state index in [2.05, 4.69) is 29.2 Å². The van der Waals surface area contributed by atoms with Crippen LogP contribution < -0.4 is 0 Å². The van der Waals surface area contributed by atoms with Crippen LogP contribution in [0.1, 0.15) is 52.2 Å². The first-order valence-corrected chi connectivity index (χ1v) is 11.0. The molecule has 3 rings (SSSR count). The van der Waals surface area contributed by atoms with Gasteiger partial charge in [-0.2, -0.15) is 0 Å². The van der Waals surface area contributed by atoms with Crippen molar-refractivity contribution in [2.75, 3.05) is 6.61 Å². The molecule has 0 aromatic heterocycles. The van der Waals surface area contributed by atoms with Gasteiger partial charge in [0.15, 0.2) is 5.79 Å². The third-order valence-electron chi connectivity index (χ3n) is 5.18. The minimum atomic E-state index is -0.742. The molecule has 0 unspecified atom stereocenters. The van der Waals surface area contributed by atoms with Gasteiger partial charge in [-0.1, -0.05) is 60.7 Å². The highest BCUT2D eigenvalue weighted by Crippen LogP contribution is 2.30. The summed E-state index contributed by atoms with van der Waals surface area (Å²) in [5.41, 5.74) is 1.89. The fourth-order valence-electron chi connectivity index (χ4n) is 3.86. The number of carbonyl (C=O) groups excluding carboxylic acids is 1. The summed E-state index contributed by atoms with van der Waals surface area (Å²) in [6.07, 6.45) is -0.138. The van der Waals surface area contributed by atoms with E-state index in [1.807, 2.05) is 71.0 Å². The molecule has 168 valence electrons. The van der Waals surface area contributed by atoms with E-state index in [1.54, 1.807) is 0 Å². The second-order valence-corrected chi connectivity index (χ2v) is 9.60. The Labute approximate surface area is 186 Å². The molecule has 5 nitrogen and oxygen atoms in total. The molecular formula is C26H35NO4. The van der Waals surface area contributed by atoms with Crippen molar-refractivity contribution in [3.05, 3.63) is 71.8 Å². The summed E-state index contributed by atoms with van der Waals surface area (Å²) in [4.78, 5) is 15.0. The van der Waals surface area contributed by atoms with Crippen LogP contribution >= 0.6 is 0 Å². The van der Waals surface area contributed by atoms with Crippen molar-refractivity contribution in [3.63, 3.8) is 0 Å². The summed E-state index contributed by atoms with van der Waals surface area (Å²) < 4.78 is 17.9. The highest BCUT2D eigenvalue weighted by molar-refractivity contribution is 5.70. The second-order valence-electron chi connectivity index (χ2n) is 9.60. The van der Waals surface area contributed by atoms with Gasteiger partial charge in [0.25, 0.3) is 0 Å². The van der Waals surface area contributed by atoms with Crippen LogP contribution in [-0.2, 0) is 32.1 Å². The van der Waals surface area contributed by atoms with E-state index in [0.29, 0.717) is 6.61 Å². The zero-order valence-electron chi connectivity index (χ0n) is 19.3. The second kappa shape index (κ2) is 9.94. The molecular weight excluding hydrogens is 390 g/mol. The molecule has 0 amide bonds. The molecule has 5 heteroatoms. The molecule has 2 aromatic carbocycles. The van der Waals surface area contributed by atoms with Crippen LogP contribution in [0.15, 0.2) is 60.7 Å². The molecule has 31 heavy (non-hydrogen) atoms. The maximum atomic E-state index is 12.7. The Kier molecular flexibility index (Phi) is 7.52. The van der Waals surface area contributed by atoms with Crippen LogP contribution in [0.4, 0.5) is 0 Å². The number of hydrogen-bond donors (Lipinski definition) is 0. The lowest BCUT2D eigenvalue weighted by molar-refractivity contribution is -0.296. The van der Waals surface area contributed by atoms with Gasteiger partial charge in [-0.3, -0.25) is 9.69 Å². The lowest BCUT2D eigenvalue weighted by Crippen LogP contribution is -2.56. The lowest BCUT2D eigenvalue weighted by Gasteiger charge is -2.45. The number of benzene rings is 2. The molecule has 1 aliphatic rings. The SMILES string of the molecule is CC(C)(C)OC(=O)C[C@H]1OC(C)(C)OC[C@@H]1N(Cc1ccccc1)Cc1ccccc1. The minimum absolute atomic E-state index is 0.0824. The number of rotatable bonds is 7. The molecule has 2 aromatic rings. The van der Waals surface area contributed by atoms with Crippen molar-refractivity contribution in [1.29, 1.82) is 0 Å². The standard InChI is InChI=1S/C26H35NO4/c1-25(2,3)31-24(28)16-23-22(19-29-26(4,5)30-23)27(17-20-12-8-6-9-13-20)18-21-14-10-7-11-15-21/h6-15,22-23H,16-19H2,1-5H3/t22-,23+/m0/s1. The largest absolute Gasteiger partial charge is 0.460 e. The molecule has 0 radical (unpaired) electrons. The van der Waals surface area contributed by atoms with Gasteiger partial charge in [0.1, 0.15) is 5.60 Å². The summed E-state index contributed by atoms with van der Waals surface area (Å²) in [5.74, 6) is -0.992. The zero-order valence-corrected chi connectivity index (χ0v) is 19.3. The predicted molar refractivity (Wildman–Crippen MR) is 121 cm³/mol. The fraction of sp³-hybridized carbons (Fsp3) is 0.500. The van der Waals surface area contributed by atoms with E-state index in [9.17, 15) is 4.79 Å². The number of carbonyl (C=O) groups is 1. The third kappa shape index (κ3) is 7.46. The molecule has 0 aliphatic carbocycles. The number of esters is 1. The Morgan fingerprint density at radius 3 is 2.00 bits per heavy atom. The summed E-state index contributed by atoms with van der Waals surface area (Å²) in [5, 5.41) is 0. The number of nitrogens with zero attached hydrogens (tertiary/aromatic N) is 1. The van der Waals surface area contributed by atoms with Crippen LogP contribution in [0.25, 0.3) is 0 Å². The van der Waals surface area contributed by atoms with Crippen molar-refractivity contribution in [3.8, 4) is 0 Å². The molecule has 0 bridgehead atoms. The summed E-state index contributed by atoms with van der Waals surface area (Å²) in [6, 6.07) is 20.6. The van der Waals surface area contributed by atoms with Gasteiger partial charge >= 0.3 is 5.97 Å². The van der Waals surface area contributed by atoms with E-state index in [4.69, 9.17) is 14.2 Å². The van der Waals surface area contributed by atoms with Crippen molar-refractivity contribution in [2.24, 2.45) is 0 Å². The van der Waals surface area contributed by atoms with Crippen LogP contribution in [0.3, 0.4) is 0 Å². The average Bonchev–Trinajstić information content (AvgIpc) is 2.67. The monoisotopic (exact) mass is 425 g/mol. The van der Waals surface area contributed by atoms with Crippen molar-refractivity contribution < 1.29 is 19.0 Å². The number of ether oxygens (including phenoxy) is 3. The van der Waals surface area contributed by atoms with Crippen LogP contribution in [0, 0.1) is 0 Å². The maximum Gasteiger partial charge on any atom is 0.309 e. The van der Waals surface area contributed by atoms with Gasteiger partial charge in [0.2, 0.25) is 0 Å². The third-order valence-corrected chi connectivity index (χ3v) is 5.18. The zero-order chi connectivity index (χ0) is 22.5. The minimum Gasteiger partial charge on any atom is -0.460 e. The first-order valence-electron chi connectivity index (χ1n) is 11.0. The highest BCUT2D eigenvalue weighted by Gasteiger charge is 2.41. The Morgan fingerprint density at radius 2 is 1.52 bits per heavy atom. The van der Waals surface area contributed by atoms with Gasteiger partial charge in [-0.05, 0) is 45.7 Å². The highest BCUT2D eigenvalue weighted by atomic mass is 16.7. The van der Waals surface area contributed by atoms with E-state index in [-0.39, 0.29) is 24.5 Å². The Morgan fingerprint density at radius 1 is 1.00 bits per heavy atom. The van der Waals surface area contributed by atoms with Gasteiger partial charge in [0.05, 0.1) is 25.2 Å². The van der Waals surface area contributed by atoms with Crippen LogP contribution in [0.5, 0.6) is 0 Å². The van der Waals surface area contributed by atoms with E-state index >= 15 is 0 Å². The van der Waals surface area contributed by atoms with Crippen molar-refractivity contribution in [1.82, 2.24) is 4.90 Å². The number of hydrogen-bond acceptors (Lipinski definition) is 5. The summed E-state index contributed by atoms with van der Waals surface area (Å²) in [6.45, 7) is 11.4. The Balaban J connectivity index is 1.84. The molecule has 1 fully saturated rings. The molecule has 2 atom stereocenters. The van der Waals surface area contributed by atoms with Gasteiger partial charge in [0, 0.05) is 13.1 Å². The van der Waals surface area contributed by atoms with Gasteiger partial charge in [-0.25, -0.2) is 0 Å². The van der Waals surface area contributed by atoms with Gasteiger partial charge < -0.3 is 14.2 Å². The molecule has 0 saturated carbocycles. The van der Waals surface area contributed by atoms with E-state index in [0.717, 1.165) is 13.1 Å².